The van der Waals surface area contributed by atoms with Crippen LogP contribution >= 0.6 is 0 Å². The molecule has 0 amide bonds. The van der Waals surface area contributed by atoms with E-state index in [-0.39, 0.29) is 0 Å². The zero-order valence-electron chi connectivity index (χ0n) is 16.2. The lowest BCUT2D eigenvalue weighted by Crippen LogP contribution is -2.00. The van der Waals surface area contributed by atoms with Gasteiger partial charge in [-0.05, 0) is 36.1 Å². The number of fused-ring (bicyclic) bond motifs is 1. The topological polar surface area (TPSA) is 27.8 Å². The molecule has 0 spiro atoms. The van der Waals surface area contributed by atoms with Crippen molar-refractivity contribution in [3.63, 3.8) is 0 Å². The van der Waals surface area contributed by atoms with Gasteiger partial charge in [0.05, 0.1) is 0 Å². The lowest BCUT2D eigenvalue weighted by atomic mass is 10.1. The zero-order chi connectivity index (χ0) is 18.3. The first-order valence-corrected chi connectivity index (χ1v) is 10.2. The van der Waals surface area contributed by atoms with Crippen molar-refractivity contribution in [3.05, 3.63) is 66.9 Å². The highest BCUT2D eigenvalue weighted by molar-refractivity contribution is 5.78. The summed E-state index contributed by atoms with van der Waals surface area (Å²) < 4.78 is 0. The van der Waals surface area contributed by atoms with Gasteiger partial charge in [-0.3, -0.25) is 0 Å². The molecule has 26 heavy (non-hydrogen) atoms. The molecule has 0 atom stereocenters. The molecule has 0 fully saturated rings. The molecule has 2 heteroatoms. The third kappa shape index (κ3) is 8.24. The van der Waals surface area contributed by atoms with Crippen LogP contribution in [0.1, 0.15) is 58.3 Å². The highest BCUT2D eigenvalue weighted by atomic mass is 14.9. The third-order valence-corrected chi connectivity index (χ3v) is 4.60. The van der Waals surface area contributed by atoms with Gasteiger partial charge in [0.25, 0.3) is 0 Å². The van der Waals surface area contributed by atoms with Gasteiger partial charge < -0.3 is 10.3 Å². The van der Waals surface area contributed by atoms with E-state index < -0.39 is 0 Å². The quantitative estimate of drug-likeness (QED) is 0.366. The van der Waals surface area contributed by atoms with E-state index in [1.54, 1.807) is 0 Å². The molecule has 2 aromatic carbocycles. The number of unbranched alkanes of at least 4 members (excludes halogenated alkanes) is 7. The number of para-hydroxylation sites is 2. The van der Waals surface area contributed by atoms with Crippen molar-refractivity contribution in [1.82, 2.24) is 4.98 Å². The second-order valence-corrected chi connectivity index (χ2v) is 6.83. The fourth-order valence-corrected chi connectivity index (χ4v) is 3.04. The normalized spacial score (nSPS) is 10.3. The van der Waals surface area contributed by atoms with Gasteiger partial charge in [-0.1, -0.05) is 88.3 Å². The fraction of sp³-hybridized carbons (Fsp3) is 0.417. The summed E-state index contributed by atoms with van der Waals surface area (Å²) in [6.07, 6.45) is 13.1. The molecular formula is C24H34N2. The number of rotatable bonds is 10. The van der Waals surface area contributed by atoms with E-state index in [2.05, 4.69) is 65.8 Å². The molecule has 2 N–H and O–H groups in total. The van der Waals surface area contributed by atoms with E-state index in [1.165, 1.54) is 68.0 Å². The van der Waals surface area contributed by atoms with Crippen LogP contribution < -0.4 is 5.32 Å². The Bertz CT molecular complexity index is 657. The summed E-state index contributed by atoms with van der Waals surface area (Å²) in [5.41, 5.74) is 2.45. The molecule has 2 nitrogen and oxygen atoms in total. The Morgan fingerprint density at radius 1 is 0.692 bits per heavy atom. The highest BCUT2D eigenvalue weighted by Crippen LogP contribution is 2.10. The summed E-state index contributed by atoms with van der Waals surface area (Å²) in [6.45, 7) is 3.38. The van der Waals surface area contributed by atoms with E-state index in [1.807, 2.05) is 18.3 Å². The molecule has 0 bridgehead atoms. The van der Waals surface area contributed by atoms with Crippen LogP contribution in [0.3, 0.4) is 0 Å². The molecule has 140 valence electrons. The Labute approximate surface area is 159 Å². The predicted octanol–water partition coefficient (Wildman–Crippen LogP) is 7.41. The number of aromatic nitrogens is 1. The van der Waals surface area contributed by atoms with Gasteiger partial charge in [-0.15, -0.1) is 0 Å². The smallest absolute Gasteiger partial charge is 0.0453 e. The summed E-state index contributed by atoms with van der Waals surface area (Å²) in [6, 6.07) is 20.8. The molecule has 0 aliphatic heterocycles. The standard InChI is InChI=1S/C16H27N.C8H7N/c1-2-3-4-5-6-7-8-12-15-17-16-13-10-9-11-14-16;1-2-4-8-7(3-1)5-6-9-8/h9-11,13-14,17H,2-8,12,15H2,1H3;1-6,9H. The minimum atomic E-state index is 1.11. The molecule has 0 unspecified atom stereocenters. The Morgan fingerprint density at radius 2 is 1.35 bits per heavy atom. The molecular weight excluding hydrogens is 316 g/mol. The molecule has 0 saturated heterocycles. The number of H-pyrrole nitrogens is 1. The fourth-order valence-electron chi connectivity index (χ4n) is 3.04. The van der Waals surface area contributed by atoms with Gasteiger partial charge in [0.2, 0.25) is 0 Å². The van der Waals surface area contributed by atoms with Crippen LogP contribution in [0.2, 0.25) is 0 Å². The van der Waals surface area contributed by atoms with E-state index in [0.717, 1.165) is 6.54 Å². The average Bonchev–Trinajstić information content (AvgIpc) is 3.17. The summed E-state index contributed by atoms with van der Waals surface area (Å²) in [4.78, 5) is 3.12. The van der Waals surface area contributed by atoms with Crippen molar-refractivity contribution < 1.29 is 0 Å². The zero-order valence-corrected chi connectivity index (χ0v) is 16.2. The van der Waals surface area contributed by atoms with Crippen LogP contribution in [0, 0.1) is 0 Å². The first-order chi connectivity index (χ1) is 12.9. The lowest BCUT2D eigenvalue weighted by Gasteiger charge is -2.05. The largest absolute Gasteiger partial charge is 0.385 e. The van der Waals surface area contributed by atoms with Gasteiger partial charge in [-0.2, -0.15) is 0 Å². The Balaban J connectivity index is 0.000000223. The lowest BCUT2D eigenvalue weighted by molar-refractivity contribution is 0.581. The van der Waals surface area contributed by atoms with Crippen molar-refractivity contribution in [2.24, 2.45) is 0 Å². The monoisotopic (exact) mass is 350 g/mol. The molecule has 1 aromatic heterocycles. The third-order valence-electron chi connectivity index (χ3n) is 4.60. The molecule has 1 heterocycles. The average molecular weight is 351 g/mol. The van der Waals surface area contributed by atoms with E-state index in [0.29, 0.717) is 0 Å². The minimum absolute atomic E-state index is 1.11. The van der Waals surface area contributed by atoms with Crippen molar-refractivity contribution in [2.45, 2.75) is 58.3 Å². The van der Waals surface area contributed by atoms with Gasteiger partial charge in [-0.25, -0.2) is 0 Å². The number of hydrogen-bond donors (Lipinski definition) is 2. The van der Waals surface area contributed by atoms with Gasteiger partial charge in [0.1, 0.15) is 0 Å². The molecule has 3 rings (SSSR count). The first kappa shape index (κ1) is 20.1. The van der Waals surface area contributed by atoms with Gasteiger partial charge in [0, 0.05) is 23.9 Å². The van der Waals surface area contributed by atoms with E-state index >= 15 is 0 Å². The number of aromatic amines is 1. The Hall–Kier alpha value is -2.22. The second kappa shape index (κ2) is 13.0. The second-order valence-electron chi connectivity index (χ2n) is 6.83. The van der Waals surface area contributed by atoms with Gasteiger partial charge in [0.15, 0.2) is 0 Å². The summed E-state index contributed by atoms with van der Waals surface area (Å²) in [7, 11) is 0. The van der Waals surface area contributed by atoms with Crippen molar-refractivity contribution in [2.75, 3.05) is 11.9 Å². The number of anilines is 1. The first-order valence-electron chi connectivity index (χ1n) is 10.2. The molecule has 0 aliphatic carbocycles. The molecule has 0 saturated carbocycles. The maximum Gasteiger partial charge on any atom is 0.0453 e. The number of nitrogens with one attached hydrogen (secondary N) is 2. The van der Waals surface area contributed by atoms with Crippen molar-refractivity contribution in [1.29, 1.82) is 0 Å². The minimum Gasteiger partial charge on any atom is -0.385 e. The predicted molar refractivity (Wildman–Crippen MR) is 116 cm³/mol. The number of hydrogen-bond acceptors (Lipinski definition) is 1. The summed E-state index contributed by atoms with van der Waals surface area (Å²) in [5, 5.41) is 4.73. The summed E-state index contributed by atoms with van der Waals surface area (Å²) in [5.74, 6) is 0. The molecule has 0 radical (unpaired) electrons. The van der Waals surface area contributed by atoms with Crippen LogP contribution in [0.4, 0.5) is 5.69 Å². The van der Waals surface area contributed by atoms with Crippen LogP contribution in [-0.2, 0) is 0 Å². The Kier molecular flexibility index (Phi) is 10.1. The van der Waals surface area contributed by atoms with Crippen LogP contribution in [0.15, 0.2) is 66.9 Å². The van der Waals surface area contributed by atoms with Crippen molar-refractivity contribution >= 4 is 16.6 Å². The van der Waals surface area contributed by atoms with Gasteiger partial charge >= 0.3 is 0 Å². The maximum atomic E-state index is 3.46. The Morgan fingerprint density at radius 3 is 2.08 bits per heavy atom. The van der Waals surface area contributed by atoms with E-state index in [4.69, 9.17) is 0 Å². The summed E-state index contributed by atoms with van der Waals surface area (Å²) >= 11 is 0. The maximum absolute atomic E-state index is 3.46. The SMILES string of the molecule is CCCCCCCCCCNc1ccccc1.c1ccc2[nH]ccc2c1. The molecule has 0 aliphatic rings. The van der Waals surface area contributed by atoms with E-state index in [9.17, 15) is 0 Å². The molecule has 3 aromatic rings. The van der Waals surface area contributed by atoms with Crippen LogP contribution in [0.5, 0.6) is 0 Å². The van der Waals surface area contributed by atoms with Crippen molar-refractivity contribution in [3.8, 4) is 0 Å². The highest BCUT2D eigenvalue weighted by Gasteiger charge is 1.92. The number of benzene rings is 2. The van der Waals surface area contributed by atoms with Crippen LogP contribution in [0.25, 0.3) is 10.9 Å². The van der Waals surface area contributed by atoms with Crippen LogP contribution in [-0.4, -0.2) is 11.5 Å².